The lowest BCUT2D eigenvalue weighted by Crippen LogP contribution is -2.46. The molecule has 0 bridgehead atoms. The van der Waals surface area contributed by atoms with Crippen LogP contribution in [-0.4, -0.2) is 55.8 Å². The lowest BCUT2D eigenvalue weighted by atomic mass is 10.1. The molecule has 0 aliphatic carbocycles. The first-order chi connectivity index (χ1) is 14.1. The van der Waals surface area contributed by atoms with Crippen LogP contribution in [0.2, 0.25) is 0 Å². The maximum absolute atomic E-state index is 12.3. The van der Waals surface area contributed by atoms with Crippen molar-refractivity contribution in [2.45, 2.75) is 13.8 Å². The van der Waals surface area contributed by atoms with Crippen molar-refractivity contribution in [2.75, 3.05) is 49.7 Å². The summed E-state index contributed by atoms with van der Waals surface area (Å²) in [6, 6.07) is 8.14. The van der Waals surface area contributed by atoms with Gasteiger partial charge in [0.25, 0.3) is 0 Å². The van der Waals surface area contributed by atoms with E-state index < -0.39 is 0 Å². The van der Waals surface area contributed by atoms with Gasteiger partial charge < -0.3 is 19.3 Å². The molecular formula is C21H24N4O3S. The van der Waals surface area contributed by atoms with Crippen molar-refractivity contribution < 1.29 is 14.3 Å². The number of anilines is 2. The monoisotopic (exact) mass is 412 g/mol. The molecule has 1 saturated heterocycles. The van der Waals surface area contributed by atoms with E-state index in [2.05, 4.69) is 31.9 Å². The van der Waals surface area contributed by atoms with Crippen LogP contribution in [0.25, 0.3) is 10.2 Å². The van der Waals surface area contributed by atoms with Crippen LogP contribution in [0.3, 0.4) is 0 Å². The van der Waals surface area contributed by atoms with Gasteiger partial charge >= 0.3 is 5.97 Å². The Balaban J connectivity index is 1.57. The first-order valence-electron chi connectivity index (χ1n) is 9.67. The number of thiophene rings is 1. The number of fused-ring (bicyclic) bond motifs is 1. The normalized spacial score (nSPS) is 14.3. The number of piperazine rings is 1. The van der Waals surface area contributed by atoms with Crippen LogP contribution < -0.4 is 14.5 Å². The second kappa shape index (κ2) is 8.24. The van der Waals surface area contributed by atoms with Gasteiger partial charge in [0.2, 0.25) is 0 Å². The quantitative estimate of drug-likeness (QED) is 0.594. The summed E-state index contributed by atoms with van der Waals surface area (Å²) in [6.07, 6.45) is 1.58. The molecule has 152 valence electrons. The molecule has 29 heavy (non-hydrogen) atoms. The van der Waals surface area contributed by atoms with Crippen molar-refractivity contribution in [3.8, 4) is 5.75 Å². The molecule has 0 atom stereocenters. The number of aryl methyl sites for hydroxylation is 1. The van der Waals surface area contributed by atoms with Gasteiger partial charge in [0, 0.05) is 37.9 Å². The van der Waals surface area contributed by atoms with Crippen LogP contribution in [0.15, 0.2) is 30.6 Å². The number of hydrogen-bond donors (Lipinski definition) is 0. The lowest BCUT2D eigenvalue weighted by Gasteiger charge is -2.37. The molecule has 3 aromatic rings. The lowest BCUT2D eigenvalue weighted by molar-refractivity contribution is 0.0531. The van der Waals surface area contributed by atoms with Crippen molar-refractivity contribution >= 4 is 39.0 Å². The summed E-state index contributed by atoms with van der Waals surface area (Å²) in [6.45, 7) is 7.56. The standard InChI is InChI=1S/C21H24N4O3S/c1-4-28-21(26)18-14(2)17-19(22-13-23-20(17)29-18)25-10-8-24(9-11-25)15-6-5-7-16(12-15)27-3/h5-7,12-13H,4,8-11H2,1-3H3. The third kappa shape index (κ3) is 3.72. The number of carbonyl (C=O) groups is 1. The number of ether oxygens (including phenoxy) is 2. The smallest absolute Gasteiger partial charge is 0.348 e. The van der Waals surface area contributed by atoms with Crippen molar-refractivity contribution in [2.24, 2.45) is 0 Å². The van der Waals surface area contributed by atoms with Gasteiger partial charge in [-0.2, -0.15) is 0 Å². The Morgan fingerprint density at radius 3 is 2.66 bits per heavy atom. The molecule has 4 rings (SSSR count). The fourth-order valence-electron chi connectivity index (χ4n) is 3.67. The number of esters is 1. The van der Waals surface area contributed by atoms with Crippen molar-refractivity contribution in [1.29, 1.82) is 0 Å². The SMILES string of the molecule is CCOC(=O)c1sc2ncnc(N3CCN(c4cccc(OC)c4)CC3)c2c1C. The largest absolute Gasteiger partial charge is 0.497 e. The summed E-state index contributed by atoms with van der Waals surface area (Å²) >= 11 is 1.37. The molecule has 2 aromatic heterocycles. The summed E-state index contributed by atoms with van der Waals surface area (Å²) < 4.78 is 10.5. The summed E-state index contributed by atoms with van der Waals surface area (Å²) in [7, 11) is 1.69. The fraction of sp³-hybridized carbons (Fsp3) is 0.381. The molecule has 1 fully saturated rings. The molecule has 1 aliphatic rings. The van der Waals surface area contributed by atoms with E-state index in [0.29, 0.717) is 11.5 Å². The van der Waals surface area contributed by atoms with Gasteiger partial charge in [-0.1, -0.05) is 6.07 Å². The first kappa shape index (κ1) is 19.4. The maximum atomic E-state index is 12.3. The van der Waals surface area contributed by atoms with Crippen LogP contribution in [0.4, 0.5) is 11.5 Å². The third-order valence-corrected chi connectivity index (χ3v) is 6.35. The van der Waals surface area contributed by atoms with Crippen LogP contribution in [-0.2, 0) is 4.74 Å². The van der Waals surface area contributed by atoms with Crippen LogP contribution in [0, 0.1) is 6.92 Å². The number of benzene rings is 1. The Bertz CT molecular complexity index is 1030. The molecule has 0 unspecified atom stereocenters. The molecule has 1 aromatic carbocycles. The number of nitrogens with zero attached hydrogens (tertiary/aromatic N) is 4. The van der Waals surface area contributed by atoms with Gasteiger partial charge in [-0.15, -0.1) is 11.3 Å². The molecule has 3 heterocycles. The summed E-state index contributed by atoms with van der Waals surface area (Å²) in [5.41, 5.74) is 2.06. The minimum Gasteiger partial charge on any atom is -0.497 e. The second-order valence-electron chi connectivity index (χ2n) is 6.83. The van der Waals surface area contributed by atoms with Gasteiger partial charge in [-0.05, 0) is 31.5 Å². The van der Waals surface area contributed by atoms with E-state index >= 15 is 0 Å². The van der Waals surface area contributed by atoms with E-state index in [1.807, 2.05) is 26.0 Å². The molecular weight excluding hydrogens is 388 g/mol. The topological polar surface area (TPSA) is 67.8 Å². The average molecular weight is 413 g/mol. The van der Waals surface area contributed by atoms with Gasteiger partial charge in [-0.25, -0.2) is 14.8 Å². The van der Waals surface area contributed by atoms with E-state index in [1.165, 1.54) is 11.3 Å². The highest BCUT2D eigenvalue weighted by atomic mass is 32.1. The highest BCUT2D eigenvalue weighted by Gasteiger charge is 2.25. The predicted molar refractivity (Wildman–Crippen MR) is 116 cm³/mol. The van der Waals surface area contributed by atoms with Crippen LogP contribution >= 0.6 is 11.3 Å². The minimum absolute atomic E-state index is 0.290. The molecule has 0 spiro atoms. The van der Waals surface area contributed by atoms with E-state index in [4.69, 9.17) is 9.47 Å². The second-order valence-corrected chi connectivity index (χ2v) is 7.83. The number of aromatic nitrogens is 2. The zero-order valence-electron chi connectivity index (χ0n) is 16.8. The number of hydrogen-bond acceptors (Lipinski definition) is 8. The first-order valence-corrected chi connectivity index (χ1v) is 10.5. The molecule has 0 radical (unpaired) electrons. The van der Waals surface area contributed by atoms with Crippen molar-refractivity contribution in [1.82, 2.24) is 9.97 Å². The average Bonchev–Trinajstić information content (AvgIpc) is 3.11. The van der Waals surface area contributed by atoms with E-state index in [1.54, 1.807) is 13.4 Å². The molecule has 7 nitrogen and oxygen atoms in total. The highest BCUT2D eigenvalue weighted by Crippen LogP contribution is 2.35. The molecule has 8 heteroatoms. The number of carbonyl (C=O) groups excluding carboxylic acids is 1. The van der Waals surface area contributed by atoms with Gasteiger partial charge in [-0.3, -0.25) is 0 Å². The van der Waals surface area contributed by atoms with Gasteiger partial charge in [0.1, 0.15) is 27.6 Å². The van der Waals surface area contributed by atoms with E-state index in [9.17, 15) is 4.79 Å². The van der Waals surface area contributed by atoms with Gasteiger partial charge in [0.15, 0.2) is 0 Å². The molecule has 0 saturated carbocycles. The summed E-state index contributed by atoms with van der Waals surface area (Å²) in [5, 5.41) is 0.954. The Hall–Kier alpha value is -2.87. The molecule has 1 aliphatic heterocycles. The summed E-state index contributed by atoms with van der Waals surface area (Å²) in [5.74, 6) is 1.47. The summed E-state index contributed by atoms with van der Waals surface area (Å²) in [4.78, 5) is 27.3. The number of rotatable bonds is 5. The zero-order valence-corrected chi connectivity index (χ0v) is 17.7. The van der Waals surface area contributed by atoms with Gasteiger partial charge in [0.05, 0.1) is 19.1 Å². The van der Waals surface area contributed by atoms with Crippen molar-refractivity contribution in [3.05, 3.63) is 41.0 Å². The minimum atomic E-state index is -0.290. The third-order valence-electron chi connectivity index (χ3n) is 5.17. The Morgan fingerprint density at radius 1 is 1.17 bits per heavy atom. The number of methoxy groups -OCH3 is 1. The van der Waals surface area contributed by atoms with E-state index in [-0.39, 0.29) is 5.97 Å². The maximum Gasteiger partial charge on any atom is 0.348 e. The Labute approximate surface area is 173 Å². The Kier molecular flexibility index (Phi) is 5.53. The predicted octanol–water partition coefficient (Wildman–Crippen LogP) is 3.51. The highest BCUT2D eigenvalue weighted by molar-refractivity contribution is 7.20. The fourth-order valence-corrected chi connectivity index (χ4v) is 4.70. The van der Waals surface area contributed by atoms with Crippen molar-refractivity contribution in [3.63, 3.8) is 0 Å². The molecule has 0 N–H and O–H groups in total. The Morgan fingerprint density at radius 2 is 1.93 bits per heavy atom. The molecule has 0 amide bonds. The zero-order chi connectivity index (χ0) is 20.4. The van der Waals surface area contributed by atoms with Crippen LogP contribution in [0.1, 0.15) is 22.2 Å². The van der Waals surface area contributed by atoms with Crippen LogP contribution in [0.5, 0.6) is 5.75 Å². The van der Waals surface area contributed by atoms with E-state index in [0.717, 1.165) is 59.2 Å².